The molecule has 0 N–H and O–H groups in total. The van der Waals surface area contributed by atoms with Crippen molar-refractivity contribution in [3.05, 3.63) is 70.2 Å². The molecule has 0 aliphatic heterocycles. The van der Waals surface area contributed by atoms with Crippen LogP contribution in [0.1, 0.15) is 37.3 Å². The van der Waals surface area contributed by atoms with E-state index in [-0.39, 0.29) is 5.56 Å². The summed E-state index contributed by atoms with van der Waals surface area (Å²) in [4.78, 5) is 0. The van der Waals surface area contributed by atoms with Gasteiger partial charge in [0.2, 0.25) is 0 Å². The minimum Gasteiger partial charge on any atom is -0.460 e. The zero-order valence-corrected chi connectivity index (χ0v) is 17.0. The normalized spacial score (nSPS) is 12.1. The maximum Gasteiger partial charge on any atom is 0.432 e. The van der Waals surface area contributed by atoms with Crippen LogP contribution >= 0.6 is 11.6 Å². The van der Waals surface area contributed by atoms with Crippen molar-refractivity contribution in [2.24, 2.45) is 0 Å². The van der Waals surface area contributed by atoms with Crippen LogP contribution in [0.5, 0.6) is 11.5 Å². The second-order valence-electron chi connectivity index (χ2n) is 6.51. The number of hydrogen-bond donors (Lipinski definition) is 0. The molecule has 31 heavy (non-hydrogen) atoms. The molecule has 2 aromatic rings. The van der Waals surface area contributed by atoms with Gasteiger partial charge in [-0.2, -0.15) is 8.78 Å². The molecule has 2 rings (SSSR count). The summed E-state index contributed by atoms with van der Waals surface area (Å²) < 4.78 is 105. The van der Waals surface area contributed by atoms with Crippen LogP contribution in [0.3, 0.4) is 0 Å². The number of hydrogen-bond acceptors (Lipinski definition) is 2. The van der Waals surface area contributed by atoms with Gasteiger partial charge in [0.1, 0.15) is 22.9 Å². The van der Waals surface area contributed by atoms with Crippen molar-refractivity contribution in [3.63, 3.8) is 0 Å². The van der Waals surface area contributed by atoms with E-state index < -0.39 is 52.1 Å². The largest absolute Gasteiger partial charge is 0.460 e. The minimum absolute atomic E-state index is 0.218. The number of ether oxygens (including phenoxy) is 2. The molecule has 0 unspecified atom stereocenters. The van der Waals surface area contributed by atoms with Crippen LogP contribution in [-0.2, 0) is 12.5 Å². The molecule has 0 saturated heterocycles. The summed E-state index contributed by atoms with van der Waals surface area (Å²) in [6, 6.07) is 2.70. The fourth-order valence-corrected chi connectivity index (χ4v) is 2.94. The number of allylic oxidation sites excluding steroid dienone is 1. The molecule has 0 heterocycles. The maximum atomic E-state index is 14.5. The quantitative estimate of drug-likeness (QED) is 0.200. The van der Waals surface area contributed by atoms with Gasteiger partial charge in [-0.25, -0.2) is 22.0 Å². The average molecular weight is 471 g/mol. The van der Waals surface area contributed by atoms with Crippen LogP contribution in [0.15, 0.2) is 36.6 Å². The van der Waals surface area contributed by atoms with Gasteiger partial charge in [-0.15, -0.1) is 0 Å². The summed E-state index contributed by atoms with van der Waals surface area (Å²) >= 11 is 5.71. The van der Waals surface area contributed by atoms with E-state index in [2.05, 4.69) is 9.47 Å². The Morgan fingerprint density at radius 3 is 2.19 bits per heavy atom. The van der Waals surface area contributed by atoms with Crippen LogP contribution in [0.4, 0.5) is 30.7 Å². The van der Waals surface area contributed by atoms with Crippen molar-refractivity contribution in [1.29, 1.82) is 0 Å². The van der Waals surface area contributed by atoms with Crippen LogP contribution in [0.2, 0.25) is 5.02 Å². The van der Waals surface area contributed by atoms with Gasteiger partial charge in [-0.3, -0.25) is 0 Å². The van der Waals surface area contributed by atoms with Crippen molar-refractivity contribution >= 4 is 11.6 Å². The number of unbranched alkanes of at least 4 members (excludes halogenated alkanes) is 2. The Kier molecular flexibility index (Phi) is 8.61. The first-order valence-corrected chi connectivity index (χ1v) is 9.58. The molecule has 0 atom stereocenters. The zero-order valence-electron chi connectivity index (χ0n) is 16.2. The predicted octanol–water partition coefficient (Wildman–Crippen LogP) is 7.78. The maximum absolute atomic E-state index is 14.5. The number of aryl methyl sites for hydroxylation is 1. The van der Waals surface area contributed by atoms with Crippen molar-refractivity contribution in [2.75, 3.05) is 0 Å². The Balaban J connectivity index is 2.25. The fraction of sp³-hybridized carbons (Fsp3) is 0.333. The van der Waals surface area contributed by atoms with E-state index in [0.29, 0.717) is 37.3 Å². The number of benzene rings is 2. The van der Waals surface area contributed by atoms with E-state index >= 15 is 0 Å². The lowest BCUT2D eigenvalue weighted by molar-refractivity contribution is -0.189. The second kappa shape index (κ2) is 10.7. The molecular formula is C21H18ClF7O2. The monoisotopic (exact) mass is 470 g/mol. The van der Waals surface area contributed by atoms with Crippen LogP contribution < -0.4 is 9.47 Å². The number of halogens is 8. The lowest BCUT2D eigenvalue weighted by atomic mass is 10.0. The molecule has 0 saturated carbocycles. The molecule has 0 radical (unpaired) electrons. The summed E-state index contributed by atoms with van der Waals surface area (Å²) in [6.07, 6.45) is -3.95. The van der Waals surface area contributed by atoms with Gasteiger partial charge in [0.15, 0.2) is 11.6 Å². The third kappa shape index (κ3) is 6.78. The topological polar surface area (TPSA) is 18.5 Å². The molecule has 0 aliphatic carbocycles. The molecule has 0 aliphatic rings. The van der Waals surface area contributed by atoms with Gasteiger partial charge in [-0.1, -0.05) is 31.4 Å². The minimum atomic E-state index is -4.50. The third-order valence-electron chi connectivity index (χ3n) is 4.09. The lowest BCUT2D eigenvalue weighted by Gasteiger charge is -2.20. The first-order chi connectivity index (χ1) is 14.5. The summed E-state index contributed by atoms with van der Waals surface area (Å²) in [5.41, 5.74) is -1.42. The number of alkyl halides is 4. The Labute approximate surface area is 179 Å². The van der Waals surface area contributed by atoms with E-state index in [4.69, 9.17) is 11.6 Å². The Morgan fingerprint density at radius 2 is 1.65 bits per heavy atom. The highest BCUT2D eigenvalue weighted by Gasteiger charge is 2.41. The number of rotatable bonds is 10. The van der Waals surface area contributed by atoms with Crippen LogP contribution in [0, 0.1) is 17.5 Å². The van der Waals surface area contributed by atoms with Gasteiger partial charge in [-0.05, 0) is 30.5 Å². The molecule has 10 heteroatoms. The highest BCUT2D eigenvalue weighted by Crippen LogP contribution is 2.39. The zero-order chi connectivity index (χ0) is 23.2. The van der Waals surface area contributed by atoms with Gasteiger partial charge >= 0.3 is 6.11 Å². The molecule has 0 aromatic heterocycles. The molecule has 0 fully saturated rings. The molecule has 0 amide bonds. The van der Waals surface area contributed by atoms with Gasteiger partial charge < -0.3 is 9.47 Å². The van der Waals surface area contributed by atoms with Crippen LogP contribution in [-0.4, -0.2) is 6.43 Å². The van der Waals surface area contributed by atoms with E-state index in [1.807, 2.05) is 6.92 Å². The van der Waals surface area contributed by atoms with Crippen molar-refractivity contribution in [2.45, 2.75) is 45.1 Å². The smallest absolute Gasteiger partial charge is 0.432 e. The molecule has 0 spiro atoms. The van der Waals surface area contributed by atoms with Crippen LogP contribution in [0.25, 0.3) is 0 Å². The second-order valence-corrected chi connectivity index (χ2v) is 6.91. The summed E-state index contributed by atoms with van der Waals surface area (Å²) in [7, 11) is 0. The Hall–Kier alpha value is -2.42. The highest BCUT2D eigenvalue weighted by molar-refractivity contribution is 6.32. The van der Waals surface area contributed by atoms with E-state index in [1.54, 1.807) is 0 Å². The van der Waals surface area contributed by atoms with Crippen molar-refractivity contribution in [3.8, 4) is 11.5 Å². The standard InChI is InChI=1S/C21H18ClF7O2/c1-2-3-4-5-12-8-15(23)19(16(24)9-12)21(28,29)31-13-10-14(22)20(17(25)11-13)30-7-6-18(26)27/h6-11,18H,2-5H2,1H3. The van der Waals surface area contributed by atoms with E-state index in [1.165, 1.54) is 0 Å². The molecule has 2 aromatic carbocycles. The van der Waals surface area contributed by atoms with Gasteiger partial charge in [0, 0.05) is 18.2 Å². The Morgan fingerprint density at radius 1 is 1.00 bits per heavy atom. The van der Waals surface area contributed by atoms with Gasteiger partial charge in [0.25, 0.3) is 6.43 Å². The van der Waals surface area contributed by atoms with Gasteiger partial charge in [0.05, 0.1) is 11.3 Å². The molecule has 170 valence electrons. The molecule has 2 nitrogen and oxygen atoms in total. The first kappa shape index (κ1) is 24.8. The summed E-state index contributed by atoms with van der Waals surface area (Å²) in [6.45, 7) is 1.94. The lowest BCUT2D eigenvalue weighted by Crippen LogP contribution is -2.25. The SMILES string of the molecule is CCCCCc1cc(F)c(C(F)(F)Oc2cc(F)c(OC=CC(F)F)c(Cl)c2)c(F)c1. The van der Waals surface area contributed by atoms with E-state index in [9.17, 15) is 30.7 Å². The van der Waals surface area contributed by atoms with E-state index in [0.717, 1.165) is 25.0 Å². The van der Waals surface area contributed by atoms with Crippen molar-refractivity contribution < 1.29 is 40.2 Å². The first-order valence-electron chi connectivity index (χ1n) is 9.21. The third-order valence-corrected chi connectivity index (χ3v) is 4.37. The fourth-order valence-electron chi connectivity index (χ4n) is 2.70. The summed E-state index contributed by atoms with van der Waals surface area (Å²) in [5, 5.41) is -0.586. The summed E-state index contributed by atoms with van der Waals surface area (Å²) in [5.74, 6) is -5.92. The Bertz CT molecular complexity index is 886. The van der Waals surface area contributed by atoms with Crippen molar-refractivity contribution in [1.82, 2.24) is 0 Å². The molecule has 0 bridgehead atoms. The highest BCUT2D eigenvalue weighted by atomic mass is 35.5. The average Bonchev–Trinajstić information content (AvgIpc) is 2.62. The predicted molar refractivity (Wildman–Crippen MR) is 101 cm³/mol. The molecular weight excluding hydrogens is 453 g/mol.